The number of nitrogens with one attached hydrogen (secondary N) is 1. The van der Waals surface area contributed by atoms with E-state index in [0.717, 1.165) is 18.7 Å². The van der Waals surface area contributed by atoms with Crippen LogP contribution in [0.5, 0.6) is 0 Å². The minimum Gasteiger partial charge on any atom is -0.310 e. The Bertz CT molecular complexity index is 616. The van der Waals surface area contributed by atoms with Crippen LogP contribution in [0.2, 0.25) is 0 Å². The number of likely N-dealkylation sites (tertiary alicyclic amines) is 1. The topological polar surface area (TPSA) is 28.2 Å². The first-order chi connectivity index (χ1) is 11.1. The highest BCUT2D eigenvalue weighted by atomic mass is 32.1. The molecule has 23 heavy (non-hydrogen) atoms. The van der Waals surface area contributed by atoms with Crippen molar-refractivity contribution in [3.05, 3.63) is 52.2 Å². The van der Waals surface area contributed by atoms with E-state index >= 15 is 0 Å². The van der Waals surface area contributed by atoms with Crippen molar-refractivity contribution in [1.29, 1.82) is 0 Å². The number of rotatable bonds is 5. The van der Waals surface area contributed by atoms with Crippen molar-refractivity contribution in [2.45, 2.75) is 31.8 Å². The van der Waals surface area contributed by atoms with Crippen molar-refractivity contribution >= 4 is 11.3 Å². The number of halogens is 1. The van der Waals surface area contributed by atoms with Gasteiger partial charge in [0.25, 0.3) is 0 Å². The number of pyridine rings is 1. The first-order valence-corrected chi connectivity index (χ1v) is 9.10. The standard InChI is InChI=1S/C18H24FN3S/c1-13(15-9-16(19)12-20-10-15)21-11-14-5-3-7-22(2)18(14)17-6-4-8-23-17/h4,6,8-10,12-14,18,21H,3,5,7,11H2,1-2H3/t13-,14-,18+/m0/s1. The maximum atomic E-state index is 13.3. The second-order valence-corrected chi connectivity index (χ2v) is 7.39. The van der Waals surface area contributed by atoms with Crippen molar-refractivity contribution in [2.24, 2.45) is 5.92 Å². The average Bonchev–Trinajstić information content (AvgIpc) is 3.06. The lowest BCUT2D eigenvalue weighted by molar-refractivity contribution is 0.120. The number of aromatic nitrogens is 1. The second-order valence-electron chi connectivity index (χ2n) is 6.41. The van der Waals surface area contributed by atoms with E-state index in [1.807, 2.05) is 11.3 Å². The molecule has 3 nitrogen and oxygen atoms in total. The normalized spacial score (nSPS) is 23.8. The van der Waals surface area contributed by atoms with E-state index in [2.05, 4.69) is 46.7 Å². The first-order valence-electron chi connectivity index (χ1n) is 8.22. The largest absolute Gasteiger partial charge is 0.310 e. The van der Waals surface area contributed by atoms with E-state index < -0.39 is 0 Å². The lowest BCUT2D eigenvalue weighted by Gasteiger charge is -2.39. The van der Waals surface area contributed by atoms with Crippen LogP contribution in [-0.4, -0.2) is 30.0 Å². The molecular formula is C18H24FN3S. The first kappa shape index (κ1) is 16.6. The molecule has 5 heteroatoms. The number of piperidine rings is 1. The second kappa shape index (κ2) is 7.51. The molecule has 0 spiro atoms. The fourth-order valence-corrected chi connectivity index (χ4v) is 4.48. The summed E-state index contributed by atoms with van der Waals surface area (Å²) in [7, 11) is 2.22. The third-order valence-electron chi connectivity index (χ3n) is 4.75. The zero-order chi connectivity index (χ0) is 16.2. The summed E-state index contributed by atoms with van der Waals surface area (Å²) in [6.45, 7) is 4.16. The molecule has 124 valence electrons. The molecular weight excluding hydrogens is 309 g/mol. The number of hydrogen-bond donors (Lipinski definition) is 1. The summed E-state index contributed by atoms with van der Waals surface area (Å²) in [6, 6.07) is 6.52. The van der Waals surface area contributed by atoms with Crippen LogP contribution in [0.3, 0.4) is 0 Å². The summed E-state index contributed by atoms with van der Waals surface area (Å²) >= 11 is 1.84. The maximum Gasteiger partial charge on any atom is 0.141 e. The Morgan fingerprint density at radius 1 is 1.48 bits per heavy atom. The molecule has 2 aromatic rings. The molecule has 3 heterocycles. The van der Waals surface area contributed by atoms with Crippen LogP contribution in [0.25, 0.3) is 0 Å². The quantitative estimate of drug-likeness (QED) is 0.896. The highest BCUT2D eigenvalue weighted by molar-refractivity contribution is 7.10. The summed E-state index contributed by atoms with van der Waals surface area (Å²) in [6.07, 6.45) is 5.46. The van der Waals surface area contributed by atoms with E-state index in [4.69, 9.17) is 0 Å². The summed E-state index contributed by atoms with van der Waals surface area (Å²) in [5.41, 5.74) is 0.904. The molecule has 1 aliphatic heterocycles. The van der Waals surface area contributed by atoms with E-state index in [-0.39, 0.29) is 11.9 Å². The van der Waals surface area contributed by atoms with Gasteiger partial charge in [-0.15, -0.1) is 11.3 Å². The van der Waals surface area contributed by atoms with Crippen LogP contribution in [-0.2, 0) is 0 Å². The zero-order valence-corrected chi connectivity index (χ0v) is 14.5. The molecule has 0 aromatic carbocycles. The van der Waals surface area contributed by atoms with Crippen molar-refractivity contribution < 1.29 is 4.39 Å². The van der Waals surface area contributed by atoms with E-state index in [1.165, 1.54) is 23.9 Å². The van der Waals surface area contributed by atoms with Crippen molar-refractivity contribution in [2.75, 3.05) is 20.1 Å². The molecule has 0 bridgehead atoms. The number of hydrogen-bond acceptors (Lipinski definition) is 4. The maximum absolute atomic E-state index is 13.3. The van der Waals surface area contributed by atoms with Gasteiger partial charge in [0.15, 0.2) is 0 Å². The van der Waals surface area contributed by atoms with Gasteiger partial charge >= 0.3 is 0 Å². The van der Waals surface area contributed by atoms with Gasteiger partial charge in [-0.25, -0.2) is 4.39 Å². The predicted octanol–water partition coefficient (Wildman–Crippen LogP) is 4.02. The van der Waals surface area contributed by atoms with Crippen LogP contribution in [0.15, 0.2) is 36.0 Å². The minimum absolute atomic E-state index is 0.106. The summed E-state index contributed by atoms with van der Waals surface area (Å²) in [5, 5.41) is 5.74. The third kappa shape index (κ3) is 3.97. The molecule has 1 N–H and O–H groups in total. The van der Waals surface area contributed by atoms with E-state index in [1.54, 1.807) is 12.3 Å². The fourth-order valence-electron chi connectivity index (χ4n) is 3.49. The van der Waals surface area contributed by atoms with E-state index in [0.29, 0.717) is 12.0 Å². The Balaban J connectivity index is 1.66. The Labute approximate surface area is 141 Å². The Hall–Kier alpha value is -1.30. The molecule has 3 atom stereocenters. The smallest absolute Gasteiger partial charge is 0.141 e. The lowest BCUT2D eigenvalue weighted by Crippen LogP contribution is -2.40. The monoisotopic (exact) mass is 333 g/mol. The third-order valence-corrected chi connectivity index (χ3v) is 5.70. The number of thiophene rings is 1. The van der Waals surface area contributed by atoms with Gasteiger partial charge in [-0.1, -0.05) is 6.07 Å². The molecule has 0 unspecified atom stereocenters. The summed E-state index contributed by atoms with van der Waals surface area (Å²) < 4.78 is 13.3. The van der Waals surface area contributed by atoms with Gasteiger partial charge in [-0.3, -0.25) is 9.88 Å². The van der Waals surface area contributed by atoms with Crippen molar-refractivity contribution in [1.82, 2.24) is 15.2 Å². The van der Waals surface area contributed by atoms with Gasteiger partial charge in [0.2, 0.25) is 0 Å². The molecule has 0 radical (unpaired) electrons. The fraction of sp³-hybridized carbons (Fsp3) is 0.500. The van der Waals surface area contributed by atoms with Crippen LogP contribution in [0.1, 0.15) is 42.3 Å². The molecule has 0 saturated carbocycles. The summed E-state index contributed by atoms with van der Waals surface area (Å²) in [4.78, 5) is 7.86. The Morgan fingerprint density at radius 2 is 2.35 bits per heavy atom. The van der Waals surface area contributed by atoms with Crippen LogP contribution < -0.4 is 5.32 Å². The average molecular weight is 333 g/mol. The van der Waals surface area contributed by atoms with Crippen molar-refractivity contribution in [3.63, 3.8) is 0 Å². The van der Waals surface area contributed by atoms with Gasteiger partial charge in [-0.05, 0) is 62.4 Å². The lowest BCUT2D eigenvalue weighted by atomic mass is 9.88. The minimum atomic E-state index is -0.273. The van der Waals surface area contributed by atoms with Crippen LogP contribution in [0, 0.1) is 11.7 Å². The summed E-state index contributed by atoms with van der Waals surface area (Å²) in [5.74, 6) is 0.307. The van der Waals surface area contributed by atoms with Crippen LogP contribution >= 0.6 is 11.3 Å². The Morgan fingerprint density at radius 3 is 3.09 bits per heavy atom. The molecule has 0 amide bonds. The van der Waals surface area contributed by atoms with Gasteiger partial charge in [-0.2, -0.15) is 0 Å². The van der Waals surface area contributed by atoms with Gasteiger partial charge in [0.1, 0.15) is 5.82 Å². The molecule has 1 fully saturated rings. The van der Waals surface area contributed by atoms with Gasteiger partial charge < -0.3 is 5.32 Å². The highest BCUT2D eigenvalue weighted by Gasteiger charge is 2.31. The molecule has 2 aromatic heterocycles. The Kier molecular flexibility index (Phi) is 5.41. The molecule has 1 aliphatic rings. The van der Waals surface area contributed by atoms with Crippen molar-refractivity contribution in [3.8, 4) is 0 Å². The molecule has 1 saturated heterocycles. The molecule has 0 aliphatic carbocycles. The predicted molar refractivity (Wildman–Crippen MR) is 93.0 cm³/mol. The van der Waals surface area contributed by atoms with Crippen LogP contribution in [0.4, 0.5) is 4.39 Å². The van der Waals surface area contributed by atoms with E-state index in [9.17, 15) is 4.39 Å². The highest BCUT2D eigenvalue weighted by Crippen LogP contribution is 2.37. The number of nitrogens with zero attached hydrogens (tertiary/aromatic N) is 2. The van der Waals surface area contributed by atoms with Gasteiger partial charge in [0.05, 0.1) is 6.20 Å². The zero-order valence-electron chi connectivity index (χ0n) is 13.7. The molecule has 3 rings (SSSR count). The van der Waals surface area contributed by atoms with Gasteiger partial charge in [0, 0.05) is 29.7 Å². The SMILES string of the molecule is C[C@H](NC[C@@H]1CCCN(C)[C@H]1c1cccs1)c1cncc(F)c1.